The van der Waals surface area contributed by atoms with Gasteiger partial charge in [0.15, 0.2) is 6.29 Å². The van der Waals surface area contributed by atoms with Crippen molar-refractivity contribution in [1.29, 1.82) is 0 Å². The number of fused-ring (bicyclic) bond motifs is 1. The van der Waals surface area contributed by atoms with Gasteiger partial charge in [-0.25, -0.2) is 0 Å². The predicted molar refractivity (Wildman–Crippen MR) is 61.9 cm³/mol. The maximum absolute atomic E-state index is 8.67. The van der Waals surface area contributed by atoms with Gasteiger partial charge in [-0.2, -0.15) is 0 Å². The maximum Gasteiger partial charge on any atom is 0.153 e. The number of hydrogen-bond donors (Lipinski definition) is 4. The summed E-state index contributed by atoms with van der Waals surface area (Å²) in [5.41, 5.74) is 3.51. The molecular weight excluding hydrogens is 190 g/mol. The van der Waals surface area contributed by atoms with Crippen LogP contribution >= 0.6 is 0 Å². The highest BCUT2D eigenvalue weighted by molar-refractivity contribution is 5.74. The molecule has 0 amide bonds. The summed E-state index contributed by atoms with van der Waals surface area (Å²) in [6.45, 7) is 3.11. The van der Waals surface area contributed by atoms with E-state index in [-0.39, 0.29) is 12.9 Å². The summed E-state index contributed by atoms with van der Waals surface area (Å²) in [6, 6.07) is 6.28. The van der Waals surface area contributed by atoms with Gasteiger partial charge in [-0.1, -0.05) is 6.07 Å². The Morgan fingerprint density at radius 3 is 2.93 bits per heavy atom. The van der Waals surface area contributed by atoms with Gasteiger partial charge in [0.05, 0.1) is 11.4 Å². The van der Waals surface area contributed by atoms with E-state index in [1.807, 2.05) is 0 Å². The van der Waals surface area contributed by atoms with Crippen LogP contribution in [0.25, 0.3) is 0 Å². The molecule has 2 rings (SSSR count). The molecule has 1 aromatic rings. The number of rotatable bonds is 4. The fraction of sp³-hybridized carbons (Fsp3) is 0.455. The molecule has 1 aliphatic heterocycles. The van der Waals surface area contributed by atoms with Gasteiger partial charge in [-0.05, 0) is 31.0 Å². The summed E-state index contributed by atoms with van der Waals surface area (Å²) in [7, 11) is 0. The molecule has 4 N–H and O–H groups in total. The quantitative estimate of drug-likeness (QED) is 0.558. The first-order valence-corrected chi connectivity index (χ1v) is 5.27. The fourth-order valence-electron chi connectivity index (χ4n) is 1.68. The number of anilines is 2. The van der Waals surface area contributed by atoms with Gasteiger partial charge in [0.2, 0.25) is 0 Å². The monoisotopic (exact) mass is 207 g/mol. The highest BCUT2D eigenvalue weighted by Crippen LogP contribution is 2.28. The second-order valence-electron chi connectivity index (χ2n) is 3.80. The molecule has 0 fully saturated rings. The number of nitrogens with one attached hydrogen (secondary N) is 3. The lowest BCUT2D eigenvalue weighted by Gasteiger charge is -2.13. The first-order valence-electron chi connectivity index (χ1n) is 5.27. The zero-order valence-electron chi connectivity index (χ0n) is 8.88. The third-order valence-corrected chi connectivity index (χ3v) is 2.46. The first-order chi connectivity index (χ1) is 7.29. The zero-order chi connectivity index (χ0) is 10.7. The van der Waals surface area contributed by atoms with Crippen LogP contribution in [0, 0.1) is 6.92 Å². The van der Waals surface area contributed by atoms with Crippen LogP contribution in [0.5, 0.6) is 0 Å². The Morgan fingerprint density at radius 1 is 1.33 bits per heavy atom. The van der Waals surface area contributed by atoms with E-state index in [9.17, 15) is 0 Å². The van der Waals surface area contributed by atoms with Crippen LogP contribution in [0.3, 0.4) is 0 Å². The van der Waals surface area contributed by atoms with Gasteiger partial charge in [-0.3, -0.25) is 5.32 Å². The molecule has 0 aromatic heterocycles. The van der Waals surface area contributed by atoms with Crippen LogP contribution in [0.2, 0.25) is 0 Å². The fourth-order valence-corrected chi connectivity index (χ4v) is 1.68. The van der Waals surface area contributed by atoms with Crippen molar-refractivity contribution >= 4 is 11.4 Å². The standard InChI is InChI=1S/C11H17N3O/c1-8-3-4-9-10(7-8)14-11(13-9)12-5-2-6-15/h3-4,7,11-15H,2,5-6H2,1H3. The van der Waals surface area contributed by atoms with Crippen molar-refractivity contribution in [2.75, 3.05) is 23.8 Å². The largest absolute Gasteiger partial charge is 0.396 e. The lowest BCUT2D eigenvalue weighted by atomic mass is 10.2. The Labute approximate surface area is 89.7 Å². The zero-order valence-corrected chi connectivity index (χ0v) is 8.88. The molecule has 0 spiro atoms. The van der Waals surface area contributed by atoms with Crippen molar-refractivity contribution < 1.29 is 5.11 Å². The summed E-state index contributed by atoms with van der Waals surface area (Å²) < 4.78 is 0. The molecule has 1 unspecified atom stereocenters. The number of hydrogen-bond acceptors (Lipinski definition) is 4. The predicted octanol–water partition coefficient (Wildman–Crippen LogP) is 1.09. The van der Waals surface area contributed by atoms with Gasteiger partial charge >= 0.3 is 0 Å². The normalized spacial score (nSPS) is 18.1. The van der Waals surface area contributed by atoms with Gasteiger partial charge < -0.3 is 15.7 Å². The van der Waals surface area contributed by atoms with E-state index in [1.54, 1.807) is 0 Å². The van der Waals surface area contributed by atoms with Crippen molar-refractivity contribution in [3.8, 4) is 0 Å². The number of aliphatic hydroxyl groups excluding tert-OH is 1. The van der Waals surface area contributed by atoms with E-state index in [4.69, 9.17) is 5.11 Å². The summed E-state index contributed by atoms with van der Waals surface area (Å²) >= 11 is 0. The minimum absolute atomic E-state index is 0.0772. The van der Waals surface area contributed by atoms with Crippen molar-refractivity contribution in [3.05, 3.63) is 23.8 Å². The second kappa shape index (κ2) is 4.51. The number of aryl methyl sites for hydroxylation is 1. The highest BCUT2D eigenvalue weighted by Gasteiger charge is 2.17. The lowest BCUT2D eigenvalue weighted by molar-refractivity contribution is 0.285. The average Bonchev–Trinajstić information content (AvgIpc) is 2.60. The Bertz CT molecular complexity index is 341. The molecule has 1 aliphatic rings. The molecule has 15 heavy (non-hydrogen) atoms. The van der Waals surface area contributed by atoms with Crippen LogP contribution in [-0.2, 0) is 0 Å². The van der Waals surface area contributed by atoms with E-state index in [0.717, 1.165) is 24.3 Å². The molecule has 0 radical (unpaired) electrons. The van der Waals surface area contributed by atoms with Crippen molar-refractivity contribution in [1.82, 2.24) is 5.32 Å². The van der Waals surface area contributed by atoms with E-state index in [0.29, 0.717) is 0 Å². The smallest absolute Gasteiger partial charge is 0.153 e. The van der Waals surface area contributed by atoms with E-state index < -0.39 is 0 Å². The molecular formula is C11H17N3O. The summed E-state index contributed by atoms with van der Waals surface area (Å²) in [5, 5.41) is 18.6. The Hall–Kier alpha value is -1.26. The molecule has 0 saturated heterocycles. The molecule has 0 bridgehead atoms. The van der Waals surface area contributed by atoms with Crippen LogP contribution in [-0.4, -0.2) is 24.5 Å². The van der Waals surface area contributed by atoms with Crippen molar-refractivity contribution in [3.63, 3.8) is 0 Å². The van der Waals surface area contributed by atoms with Gasteiger partial charge in [0.1, 0.15) is 0 Å². The van der Waals surface area contributed by atoms with Crippen LogP contribution < -0.4 is 16.0 Å². The second-order valence-corrected chi connectivity index (χ2v) is 3.80. The summed E-state index contributed by atoms with van der Waals surface area (Å²) in [4.78, 5) is 0. The lowest BCUT2D eigenvalue weighted by Crippen LogP contribution is -2.39. The molecule has 4 heteroatoms. The molecule has 82 valence electrons. The third kappa shape index (κ3) is 2.40. The SMILES string of the molecule is Cc1ccc2c(c1)NC(NCCCO)N2. The third-order valence-electron chi connectivity index (χ3n) is 2.46. The molecule has 1 heterocycles. The minimum Gasteiger partial charge on any atom is -0.396 e. The maximum atomic E-state index is 8.67. The van der Waals surface area contributed by atoms with Crippen molar-refractivity contribution in [2.24, 2.45) is 0 Å². The molecule has 1 aromatic carbocycles. The Morgan fingerprint density at radius 2 is 2.13 bits per heavy atom. The van der Waals surface area contributed by atoms with Gasteiger partial charge in [0, 0.05) is 13.2 Å². The van der Waals surface area contributed by atoms with E-state index in [1.165, 1.54) is 5.56 Å². The van der Waals surface area contributed by atoms with Crippen LogP contribution in [0.1, 0.15) is 12.0 Å². The summed E-state index contributed by atoms with van der Waals surface area (Å²) in [6.07, 6.45) is 0.850. The molecule has 0 saturated carbocycles. The molecule has 4 nitrogen and oxygen atoms in total. The average molecular weight is 207 g/mol. The number of aliphatic hydroxyl groups is 1. The molecule has 0 aliphatic carbocycles. The number of benzene rings is 1. The summed E-state index contributed by atoms with van der Waals surface area (Å²) in [5.74, 6) is 0. The van der Waals surface area contributed by atoms with E-state index in [2.05, 4.69) is 41.1 Å². The molecule has 1 atom stereocenters. The Kier molecular flexibility index (Phi) is 3.08. The minimum atomic E-state index is 0.0772. The van der Waals surface area contributed by atoms with E-state index >= 15 is 0 Å². The van der Waals surface area contributed by atoms with Gasteiger partial charge in [-0.15, -0.1) is 0 Å². The first kappa shape index (κ1) is 10.3. The van der Waals surface area contributed by atoms with Crippen molar-refractivity contribution in [2.45, 2.75) is 19.6 Å². The van der Waals surface area contributed by atoms with Crippen LogP contribution in [0.15, 0.2) is 18.2 Å². The van der Waals surface area contributed by atoms with Crippen LogP contribution in [0.4, 0.5) is 11.4 Å². The highest BCUT2D eigenvalue weighted by atomic mass is 16.3. The van der Waals surface area contributed by atoms with Gasteiger partial charge in [0.25, 0.3) is 0 Å². The Balaban J connectivity index is 1.91. The topological polar surface area (TPSA) is 56.3 Å².